The van der Waals surface area contributed by atoms with Crippen molar-refractivity contribution in [2.75, 3.05) is 0 Å². The van der Waals surface area contributed by atoms with E-state index < -0.39 is 0 Å². The number of halogens is 1. The van der Waals surface area contributed by atoms with Crippen LogP contribution in [-0.4, -0.2) is 9.13 Å². The summed E-state index contributed by atoms with van der Waals surface area (Å²) in [5.41, 5.74) is 2.14. The molecule has 2 heterocycles. The number of nitrogens with zero attached hydrogens (tertiary/aromatic N) is 2. The van der Waals surface area contributed by atoms with Gasteiger partial charge in [-0.2, -0.15) is 0 Å². The summed E-state index contributed by atoms with van der Waals surface area (Å²) >= 11 is 7.60. The highest BCUT2D eigenvalue weighted by Gasteiger charge is 2.25. The van der Waals surface area contributed by atoms with E-state index in [1.54, 1.807) is 40.2 Å². The van der Waals surface area contributed by atoms with E-state index in [0.29, 0.717) is 22.6 Å². The number of hydrogen-bond donors (Lipinski definition) is 0. The Kier molecular flexibility index (Phi) is 4.22. The summed E-state index contributed by atoms with van der Waals surface area (Å²) in [6, 6.07) is 16.7. The van der Waals surface area contributed by atoms with Gasteiger partial charge in [0, 0.05) is 9.90 Å². The Morgan fingerprint density at radius 3 is 2.46 bits per heavy atom. The normalized spacial score (nSPS) is 13.2. The van der Waals surface area contributed by atoms with E-state index in [9.17, 15) is 9.59 Å². The third-order valence-electron chi connectivity index (χ3n) is 5.26. The fourth-order valence-corrected chi connectivity index (χ4v) is 5.43. The number of aromatic nitrogens is 2. The van der Waals surface area contributed by atoms with Crippen LogP contribution >= 0.6 is 22.9 Å². The second-order valence-electron chi connectivity index (χ2n) is 7.01. The van der Waals surface area contributed by atoms with Crippen LogP contribution < -0.4 is 11.2 Å². The van der Waals surface area contributed by atoms with Gasteiger partial charge < -0.3 is 0 Å². The van der Waals surface area contributed by atoms with Crippen LogP contribution in [0.3, 0.4) is 0 Å². The van der Waals surface area contributed by atoms with Crippen molar-refractivity contribution in [3.8, 4) is 5.69 Å². The highest BCUT2D eigenvalue weighted by atomic mass is 35.5. The van der Waals surface area contributed by atoms with E-state index in [-0.39, 0.29) is 11.2 Å². The molecule has 0 saturated carbocycles. The van der Waals surface area contributed by atoms with Gasteiger partial charge in [-0.1, -0.05) is 41.9 Å². The summed E-state index contributed by atoms with van der Waals surface area (Å²) in [4.78, 5) is 28.8. The molecule has 0 saturated heterocycles. The smallest absolute Gasteiger partial charge is 0.280 e. The van der Waals surface area contributed by atoms with Gasteiger partial charge in [-0.15, -0.1) is 11.3 Å². The van der Waals surface area contributed by atoms with Crippen LogP contribution in [0, 0.1) is 0 Å². The lowest BCUT2D eigenvalue weighted by Gasteiger charge is -2.13. The van der Waals surface area contributed by atoms with Crippen LogP contribution in [0.25, 0.3) is 15.9 Å². The van der Waals surface area contributed by atoms with Gasteiger partial charge in [-0.05, 0) is 54.7 Å². The summed E-state index contributed by atoms with van der Waals surface area (Å²) < 4.78 is 3.02. The maximum atomic E-state index is 13.4. The topological polar surface area (TPSA) is 44.0 Å². The third kappa shape index (κ3) is 2.74. The first-order valence-corrected chi connectivity index (χ1v) is 10.4. The molecule has 0 spiro atoms. The molecule has 1 aliphatic rings. The first-order chi connectivity index (χ1) is 13.6. The molecule has 28 heavy (non-hydrogen) atoms. The molecule has 2 aromatic carbocycles. The molecule has 2 aromatic heterocycles. The Balaban J connectivity index is 1.84. The molecular weight excluding hydrogens is 392 g/mol. The molecule has 140 valence electrons. The minimum absolute atomic E-state index is 0.231. The van der Waals surface area contributed by atoms with Crippen molar-refractivity contribution < 1.29 is 0 Å². The van der Waals surface area contributed by atoms with Crippen molar-refractivity contribution in [3.05, 3.63) is 96.5 Å². The highest BCUT2D eigenvalue weighted by Crippen LogP contribution is 2.35. The van der Waals surface area contributed by atoms with Crippen molar-refractivity contribution in [1.82, 2.24) is 9.13 Å². The number of thiophene rings is 1. The quantitative estimate of drug-likeness (QED) is 0.504. The summed E-state index contributed by atoms with van der Waals surface area (Å²) in [5.74, 6) is 0. The average Bonchev–Trinajstić information content (AvgIpc) is 3.29. The molecule has 0 N–H and O–H groups in total. The van der Waals surface area contributed by atoms with Gasteiger partial charge >= 0.3 is 5.69 Å². The third-order valence-corrected chi connectivity index (χ3v) is 6.82. The van der Waals surface area contributed by atoms with Crippen LogP contribution in [0.15, 0.2) is 64.2 Å². The maximum Gasteiger partial charge on any atom is 0.337 e. The van der Waals surface area contributed by atoms with Crippen LogP contribution in [0.1, 0.15) is 22.4 Å². The van der Waals surface area contributed by atoms with Gasteiger partial charge in [0.05, 0.1) is 17.6 Å². The van der Waals surface area contributed by atoms with Crippen molar-refractivity contribution in [2.45, 2.75) is 25.8 Å². The summed E-state index contributed by atoms with van der Waals surface area (Å²) in [5, 5.41) is 1.27. The van der Waals surface area contributed by atoms with Gasteiger partial charge in [-0.25, -0.2) is 9.36 Å². The first-order valence-electron chi connectivity index (χ1n) is 9.23. The van der Waals surface area contributed by atoms with Crippen LogP contribution in [0.5, 0.6) is 0 Å². The predicted molar refractivity (Wildman–Crippen MR) is 114 cm³/mol. The fourth-order valence-electron chi connectivity index (χ4n) is 3.93. The number of aryl methyl sites for hydroxylation is 2. The molecule has 4 nitrogen and oxygen atoms in total. The number of rotatable bonds is 3. The lowest BCUT2D eigenvalue weighted by Crippen LogP contribution is -2.39. The monoisotopic (exact) mass is 408 g/mol. The number of hydrogen-bond acceptors (Lipinski definition) is 3. The standard InChI is InChI=1S/C22H17ClN2O2S/c23-15-9-11-16(12-10-15)25-20(26)19-17-7-4-8-18(17)28-21(19)24(22(25)27)13-14-5-2-1-3-6-14/h1-3,5-6,9-12H,4,7-8,13H2. The largest absolute Gasteiger partial charge is 0.337 e. The Labute approximate surface area is 170 Å². The Bertz CT molecular complexity index is 1300. The van der Waals surface area contributed by atoms with Crippen LogP contribution in [0.4, 0.5) is 0 Å². The van der Waals surface area contributed by atoms with Gasteiger partial charge in [0.25, 0.3) is 5.56 Å². The van der Waals surface area contributed by atoms with Gasteiger partial charge in [0.2, 0.25) is 0 Å². The van der Waals surface area contributed by atoms with Crippen molar-refractivity contribution in [2.24, 2.45) is 0 Å². The van der Waals surface area contributed by atoms with Gasteiger partial charge in [0.1, 0.15) is 4.83 Å². The maximum absolute atomic E-state index is 13.4. The van der Waals surface area contributed by atoms with Gasteiger partial charge in [0.15, 0.2) is 0 Å². The molecule has 0 unspecified atom stereocenters. The van der Waals surface area contributed by atoms with E-state index in [2.05, 4.69) is 0 Å². The molecule has 5 rings (SSSR count). The molecule has 6 heteroatoms. The zero-order valence-corrected chi connectivity index (χ0v) is 16.6. The fraction of sp³-hybridized carbons (Fsp3) is 0.182. The Hall–Kier alpha value is -2.63. The van der Waals surface area contributed by atoms with E-state index in [0.717, 1.165) is 35.2 Å². The molecule has 0 atom stereocenters. The molecule has 4 aromatic rings. The van der Waals surface area contributed by atoms with E-state index >= 15 is 0 Å². The summed E-state index contributed by atoms with van der Waals surface area (Å²) in [6.07, 6.45) is 2.94. The second kappa shape index (κ2) is 6.76. The molecule has 0 fully saturated rings. The van der Waals surface area contributed by atoms with E-state index in [1.165, 1.54) is 9.44 Å². The van der Waals surface area contributed by atoms with E-state index in [1.807, 2.05) is 30.3 Å². The van der Waals surface area contributed by atoms with Crippen molar-refractivity contribution >= 4 is 33.2 Å². The zero-order valence-electron chi connectivity index (χ0n) is 15.0. The Morgan fingerprint density at radius 2 is 1.71 bits per heavy atom. The van der Waals surface area contributed by atoms with Crippen LogP contribution in [0.2, 0.25) is 5.02 Å². The minimum Gasteiger partial charge on any atom is -0.280 e. The first kappa shape index (κ1) is 17.5. The highest BCUT2D eigenvalue weighted by molar-refractivity contribution is 7.18. The molecule has 0 bridgehead atoms. The minimum atomic E-state index is -0.316. The Morgan fingerprint density at radius 1 is 0.964 bits per heavy atom. The zero-order chi connectivity index (χ0) is 19.3. The SMILES string of the molecule is O=c1c2c3c(sc2n(Cc2ccccc2)c(=O)n1-c1ccc(Cl)cc1)CCC3. The molecule has 0 radical (unpaired) electrons. The second-order valence-corrected chi connectivity index (χ2v) is 8.53. The average molecular weight is 409 g/mol. The predicted octanol–water partition coefficient (Wildman–Crippen LogP) is 4.40. The number of benzene rings is 2. The molecule has 1 aliphatic carbocycles. The summed E-state index contributed by atoms with van der Waals surface area (Å²) in [7, 11) is 0. The van der Waals surface area contributed by atoms with Crippen molar-refractivity contribution in [1.29, 1.82) is 0 Å². The lowest BCUT2D eigenvalue weighted by molar-refractivity contribution is 0.718. The summed E-state index contributed by atoms with van der Waals surface area (Å²) in [6.45, 7) is 0.434. The van der Waals surface area contributed by atoms with E-state index in [4.69, 9.17) is 11.6 Å². The van der Waals surface area contributed by atoms with Crippen LogP contribution in [-0.2, 0) is 19.4 Å². The number of fused-ring (bicyclic) bond motifs is 3. The lowest BCUT2D eigenvalue weighted by atomic mass is 10.2. The molecule has 0 amide bonds. The van der Waals surface area contributed by atoms with Crippen molar-refractivity contribution in [3.63, 3.8) is 0 Å². The molecule has 0 aliphatic heterocycles. The molecular formula is C22H17ClN2O2S. The van der Waals surface area contributed by atoms with Gasteiger partial charge in [-0.3, -0.25) is 9.36 Å².